The number of hydrogen-bond donors (Lipinski definition) is 1. The Balaban J connectivity index is 1.51. The van der Waals surface area contributed by atoms with Crippen molar-refractivity contribution in [2.45, 2.75) is 18.8 Å². The van der Waals surface area contributed by atoms with Crippen LogP contribution in [0.1, 0.15) is 34.7 Å². The van der Waals surface area contributed by atoms with Gasteiger partial charge in [-0.15, -0.1) is 0 Å². The Labute approximate surface area is 155 Å². The third-order valence-corrected chi connectivity index (χ3v) is 5.20. The molecule has 0 spiro atoms. The van der Waals surface area contributed by atoms with Gasteiger partial charge < -0.3 is 14.6 Å². The molecule has 1 aliphatic rings. The first-order valence-corrected chi connectivity index (χ1v) is 8.83. The van der Waals surface area contributed by atoms with Crippen LogP contribution in [-0.4, -0.2) is 41.0 Å². The van der Waals surface area contributed by atoms with Crippen LogP contribution in [0.5, 0.6) is 5.75 Å². The first kappa shape index (κ1) is 17.5. The Bertz CT molecular complexity index is 994. The highest BCUT2D eigenvalue weighted by molar-refractivity contribution is 5.95. The predicted molar refractivity (Wildman–Crippen MR) is 96.9 cm³/mol. The fourth-order valence-corrected chi connectivity index (χ4v) is 3.79. The van der Waals surface area contributed by atoms with Gasteiger partial charge in [0.25, 0.3) is 5.91 Å². The number of aromatic nitrogens is 2. The number of aromatic amines is 1. The zero-order valence-electron chi connectivity index (χ0n) is 14.8. The predicted octanol–water partition coefficient (Wildman–Crippen LogP) is 3.87. The number of benzene rings is 1. The normalized spacial score (nSPS) is 15.3. The summed E-state index contributed by atoms with van der Waals surface area (Å²) in [5.41, 5.74) is 1.90. The number of hydrogen-bond acceptors (Lipinski definition) is 3. The molecule has 5 nitrogen and oxygen atoms in total. The molecule has 0 bridgehead atoms. The van der Waals surface area contributed by atoms with Gasteiger partial charge in [-0.05, 0) is 48.6 Å². The van der Waals surface area contributed by atoms with Crippen LogP contribution in [0.15, 0.2) is 36.7 Å². The van der Waals surface area contributed by atoms with Crippen LogP contribution in [-0.2, 0) is 0 Å². The van der Waals surface area contributed by atoms with Crippen molar-refractivity contribution in [1.82, 2.24) is 14.9 Å². The molecule has 1 aliphatic heterocycles. The van der Waals surface area contributed by atoms with E-state index in [0.717, 1.165) is 29.9 Å². The quantitative estimate of drug-likeness (QED) is 0.760. The molecule has 4 rings (SSSR count). The molecule has 3 aromatic rings. The average Bonchev–Trinajstić information content (AvgIpc) is 3.17. The highest BCUT2D eigenvalue weighted by atomic mass is 19.1. The van der Waals surface area contributed by atoms with Gasteiger partial charge in [-0.25, -0.2) is 13.8 Å². The molecule has 0 unspecified atom stereocenters. The summed E-state index contributed by atoms with van der Waals surface area (Å²) in [6, 6.07) is 6.26. The summed E-state index contributed by atoms with van der Waals surface area (Å²) in [5.74, 6) is -2.43. The molecular formula is C20H19F2N3O2. The molecule has 3 heterocycles. The third kappa shape index (κ3) is 3.03. The fraction of sp³-hybridized carbons (Fsp3) is 0.300. The molecule has 0 aliphatic carbocycles. The van der Waals surface area contributed by atoms with Gasteiger partial charge >= 0.3 is 0 Å². The first-order valence-electron chi connectivity index (χ1n) is 8.83. The molecule has 7 heteroatoms. The van der Waals surface area contributed by atoms with Crippen molar-refractivity contribution < 1.29 is 18.3 Å². The highest BCUT2D eigenvalue weighted by Gasteiger charge is 2.28. The van der Waals surface area contributed by atoms with Gasteiger partial charge in [0.2, 0.25) is 0 Å². The lowest BCUT2D eigenvalue weighted by atomic mass is 9.88. The zero-order chi connectivity index (χ0) is 19.0. The average molecular weight is 371 g/mol. The molecule has 2 aromatic heterocycles. The van der Waals surface area contributed by atoms with Crippen molar-refractivity contribution in [3.05, 3.63) is 59.4 Å². The number of fused-ring (bicyclic) bond motifs is 1. The lowest BCUT2D eigenvalue weighted by Crippen LogP contribution is -2.38. The smallest absolute Gasteiger partial charge is 0.256 e. The number of nitrogens with one attached hydrogen (secondary N) is 1. The summed E-state index contributed by atoms with van der Waals surface area (Å²) in [4.78, 5) is 21.7. The van der Waals surface area contributed by atoms with Crippen LogP contribution in [0.3, 0.4) is 0 Å². The maximum absolute atomic E-state index is 14.4. The van der Waals surface area contributed by atoms with Crippen molar-refractivity contribution in [3.63, 3.8) is 0 Å². The lowest BCUT2D eigenvalue weighted by molar-refractivity contribution is 0.0707. The number of carbonyl (C=O) groups excluding carboxylic acids is 1. The molecule has 1 saturated heterocycles. The second-order valence-electron chi connectivity index (χ2n) is 6.65. The summed E-state index contributed by atoms with van der Waals surface area (Å²) in [6.45, 7) is 1.02. The van der Waals surface area contributed by atoms with Crippen molar-refractivity contribution in [3.8, 4) is 5.75 Å². The highest BCUT2D eigenvalue weighted by Crippen LogP contribution is 2.33. The van der Waals surface area contributed by atoms with E-state index in [1.807, 2.05) is 18.3 Å². The Kier molecular flexibility index (Phi) is 4.51. The van der Waals surface area contributed by atoms with Gasteiger partial charge in [0.15, 0.2) is 17.4 Å². The van der Waals surface area contributed by atoms with Gasteiger partial charge in [-0.1, -0.05) is 0 Å². The summed E-state index contributed by atoms with van der Waals surface area (Å²) < 4.78 is 32.7. The number of likely N-dealkylation sites (tertiary alicyclic amines) is 1. The van der Waals surface area contributed by atoms with Crippen molar-refractivity contribution in [2.75, 3.05) is 20.2 Å². The van der Waals surface area contributed by atoms with Crippen molar-refractivity contribution in [1.29, 1.82) is 0 Å². The molecule has 1 fully saturated rings. The Hall–Kier alpha value is -2.96. The minimum Gasteiger partial charge on any atom is -0.491 e. The van der Waals surface area contributed by atoms with Crippen LogP contribution in [0, 0.1) is 11.6 Å². The molecule has 0 atom stereocenters. The summed E-state index contributed by atoms with van der Waals surface area (Å²) in [6.07, 6.45) is 5.20. The minimum atomic E-state index is -0.951. The number of H-pyrrole nitrogens is 1. The van der Waals surface area contributed by atoms with E-state index in [9.17, 15) is 13.6 Å². The number of carbonyl (C=O) groups is 1. The molecule has 0 radical (unpaired) electrons. The number of amides is 1. The molecule has 27 heavy (non-hydrogen) atoms. The standard InChI is InChI=1S/C20H19F2N3O2/c1-27-18-16(21)3-2-15(17(18)22)20(26)25-10-6-12(7-11-25)13-4-8-23-19-14(13)5-9-24-19/h2-5,8-9,12H,6-7,10-11H2,1H3,(H,23,24). The monoisotopic (exact) mass is 371 g/mol. The van der Waals surface area contributed by atoms with Crippen LogP contribution in [0.2, 0.25) is 0 Å². The van der Waals surface area contributed by atoms with Crippen LogP contribution in [0.4, 0.5) is 8.78 Å². The van der Waals surface area contributed by atoms with Gasteiger partial charge in [-0.2, -0.15) is 0 Å². The van der Waals surface area contributed by atoms with Crippen molar-refractivity contribution in [2.24, 2.45) is 0 Å². The maximum Gasteiger partial charge on any atom is 0.256 e. The topological polar surface area (TPSA) is 58.2 Å². The van der Waals surface area contributed by atoms with E-state index in [1.54, 1.807) is 11.1 Å². The number of piperidine rings is 1. The van der Waals surface area contributed by atoms with E-state index in [1.165, 1.54) is 18.7 Å². The van der Waals surface area contributed by atoms with E-state index in [0.29, 0.717) is 19.0 Å². The number of pyridine rings is 1. The van der Waals surface area contributed by atoms with Gasteiger partial charge in [0, 0.05) is 30.9 Å². The number of methoxy groups -OCH3 is 1. The summed E-state index contributed by atoms with van der Waals surface area (Å²) in [7, 11) is 1.18. The number of rotatable bonds is 3. The number of ether oxygens (including phenoxy) is 1. The van der Waals surface area contributed by atoms with E-state index in [2.05, 4.69) is 9.97 Å². The second kappa shape index (κ2) is 6.98. The molecule has 140 valence electrons. The maximum atomic E-state index is 14.4. The second-order valence-corrected chi connectivity index (χ2v) is 6.65. The number of nitrogens with zero attached hydrogens (tertiary/aromatic N) is 2. The van der Waals surface area contributed by atoms with Crippen LogP contribution >= 0.6 is 0 Å². The zero-order valence-corrected chi connectivity index (χ0v) is 14.8. The van der Waals surface area contributed by atoms with E-state index < -0.39 is 23.3 Å². The molecule has 1 N–H and O–H groups in total. The minimum absolute atomic E-state index is 0.163. The van der Waals surface area contributed by atoms with Crippen molar-refractivity contribution >= 4 is 16.9 Å². The van der Waals surface area contributed by atoms with E-state index in [4.69, 9.17) is 4.74 Å². The van der Waals surface area contributed by atoms with E-state index in [-0.39, 0.29) is 5.56 Å². The SMILES string of the molecule is COc1c(F)ccc(C(=O)N2CCC(c3ccnc4[nH]ccc34)CC2)c1F. The van der Waals surface area contributed by atoms with Gasteiger partial charge in [-0.3, -0.25) is 4.79 Å². The Morgan fingerprint density at radius 1 is 1.22 bits per heavy atom. The fourth-order valence-electron chi connectivity index (χ4n) is 3.79. The van der Waals surface area contributed by atoms with Gasteiger partial charge in [0.1, 0.15) is 5.65 Å². The molecular weight excluding hydrogens is 352 g/mol. The molecule has 1 amide bonds. The third-order valence-electron chi connectivity index (χ3n) is 5.20. The van der Waals surface area contributed by atoms with E-state index >= 15 is 0 Å². The largest absolute Gasteiger partial charge is 0.491 e. The molecule has 1 aromatic carbocycles. The lowest BCUT2D eigenvalue weighted by Gasteiger charge is -2.32. The Morgan fingerprint density at radius 3 is 2.74 bits per heavy atom. The molecule has 0 saturated carbocycles. The number of halogens is 2. The summed E-state index contributed by atoms with van der Waals surface area (Å²) >= 11 is 0. The summed E-state index contributed by atoms with van der Waals surface area (Å²) in [5, 5.41) is 1.09. The van der Waals surface area contributed by atoms with Crippen LogP contribution in [0.25, 0.3) is 11.0 Å². The first-order chi connectivity index (χ1) is 13.1. The van der Waals surface area contributed by atoms with Crippen LogP contribution < -0.4 is 4.74 Å². The van der Waals surface area contributed by atoms with Gasteiger partial charge in [0.05, 0.1) is 12.7 Å². The Morgan fingerprint density at radius 2 is 2.00 bits per heavy atom.